The maximum atomic E-state index is 12.9. The number of anilines is 2. The smallest absolute Gasteiger partial charge is 0.280 e. The second-order valence-corrected chi connectivity index (χ2v) is 9.23. The third kappa shape index (κ3) is 4.62. The second kappa shape index (κ2) is 8.83. The van der Waals surface area contributed by atoms with Crippen molar-refractivity contribution in [3.63, 3.8) is 0 Å². The molecule has 2 N–H and O–H groups in total. The number of pyridine rings is 2. The summed E-state index contributed by atoms with van der Waals surface area (Å²) in [7, 11) is -3.85. The van der Waals surface area contributed by atoms with E-state index in [4.69, 9.17) is 0 Å². The third-order valence-corrected chi connectivity index (χ3v) is 6.58. The molecule has 0 saturated carbocycles. The van der Waals surface area contributed by atoms with Gasteiger partial charge in [0.15, 0.2) is 5.03 Å². The zero-order valence-electron chi connectivity index (χ0n) is 17.1. The first-order valence-electron chi connectivity index (χ1n) is 10.3. The molecule has 30 heavy (non-hydrogen) atoms. The van der Waals surface area contributed by atoms with E-state index in [1.165, 1.54) is 11.6 Å². The summed E-state index contributed by atoms with van der Waals surface area (Å²) in [5.74, 6) is 0.849. The van der Waals surface area contributed by atoms with Crippen molar-refractivity contribution in [3.8, 4) is 11.1 Å². The van der Waals surface area contributed by atoms with Crippen molar-refractivity contribution in [2.75, 3.05) is 16.6 Å². The molecule has 0 amide bonds. The zero-order chi connectivity index (χ0) is 21.0. The van der Waals surface area contributed by atoms with E-state index in [9.17, 15) is 8.42 Å². The fourth-order valence-electron chi connectivity index (χ4n) is 3.73. The quantitative estimate of drug-likeness (QED) is 0.545. The van der Waals surface area contributed by atoms with Crippen LogP contribution in [0.2, 0.25) is 0 Å². The normalized spacial score (nSPS) is 16.4. The molecular weight excluding hydrogens is 396 g/mol. The van der Waals surface area contributed by atoms with Crippen molar-refractivity contribution in [2.45, 2.75) is 44.1 Å². The maximum Gasteiger partial charge on any atom is 0.280 e. The highest BCUT2D eigenvalue weighted by molar-refractivity contribution is 7.92. The van der Waals surface area contributed by atoms with Crippen molar-refractivity contribution in [2.24, 2.45) is 0 Å². The van der Waals surface area contributed by atoms with Gasteiger partial charge in [0.1, 0.15) is 11.6 Å². The molecule has 4 rings (SSSR count). The lowest BCUT2D eigenvalue weighted by Crippen LogP contribution is -2.16. The molecule has 6 nitrogen and oxygen atoms in total. The predicted octanol–water partition coefficient (Wildman–Crippen LogP) is 4.78. The Balaban J connectivity index is 1.77. The number of sulfonamides is 1. The Morgan fingerprint density at radius 2 is 1.73 bits per heavy atom. The van der Waals surface area contributed by atoms with Gasteiger partial charge in [-0.05, 0) is 66.6 Å². The molecule has 0 spiro atoms. The number of hydrogen-bond acceptors (Lipinski definition) is 5. The fraction of sp³-hybridized carbons (Fsp3) is 0.304. The van der Waals surface area contributed by atoms with E-state index < -0.39 is 10.0 Å². The van der Waals surface area contributed by atoms with Crippen LogP contribution in [0.3, 0.4) is 0 Å². The highest BCUT2D eigenvalue weighted by atomic mass is 32.2. The molecule has 1 aliphatic heterocycles. The van der Waals surface area contributed by atoms with Crippen LogP contribution < -0.4 is 10.0 Å². The minimum atomic E-state index is -3.85. The molecule has 0 atom stereocenters. The number of aryl methyl sites for hydroxylation is 2. The summed E-state index contributed by atoms with van der Waals surface area (Å²) >= 11 is 0. The first-order valence-corrected chi connectivity index (χ1v) is 11.8. The van der Waals surface area contributed by atoms with E-state index in [1.54, 1.807) is 18.3 Å². The molecular formula is C23H26N4O2S. The predicted molar refractivity (Wildman–Crippen MR) is 120 cm³/mol. The number of benzene rings is 1. The van der Waals surface area contributed by atoms with E-state index in [0.717, 1.165) is 55.3 Å². The molecule has 0 radical (unpaired) electrons. The van der Waals surface area contributed by atoms with Gasteiger partial charge in [-0.15, -0.1) is 0 Å². The van der Waals surface area contributed by atoms with Crippen molar-refractivity contribution < 1.29 is 8.42 Å². The summed E-state index contributed by atoms with van der Waals surface area (Å²) in [5, 5.41) is 3.20. The van der Waals surface area contributed by atoms with E-state index in [0.29, 0.717) is 5.82 Å². The van der Waals surface area contributed by atoms with Crippen LogP contribution in [0, 0.1) is 6.92 Å². The molecule has 156 valence electrons. The van der Waals surface area contributed by atoms with Crippen LogP contribution in [0.4, 0.5) is 11.6 Å². The monoisotopic (exact) mass is 422 g/mol. The summed E-state index contributed by atoms with van der Waals surface area (Å²) in [6, 6.07) is 15.1. The Morgan fingerprint density at radius 1 is 0.900 bits per heavy atom. The largest absolute Gasteiger partial charge is 0.370 e. The second-order valence-electron chi connectivity index (χ2n) is 7.60. The first-order chi connectivity index (χ1) is 14.5. The van der Waals surface area contributed by atoms with Gasteiger partial charge in [0, 0.05) is 12.7 Å². The van der Waals surface area contributed by atoms with Gasteiger partial charge >= 0.3 is 0 Å². The van der Waals surface area contributed by atoms with Crippen molar-refractivity contribution in [1.82, 2.24) is 9.97 Å². The van der Waals surface area contributed by atoms with Gasteiger partial charge in [-0.3, -0.25) is 4.72 Å². The SMILES string of the molecule is Cc1cnc2cc1-c1ccccc1CCCCCCNc1cccc(n1)S(=O)(=O)N2. The summed E-state index contributed by atoms with van der Waals surface area (Å²) in [6.07, 6.45) is 7.11. The molecule has 1 aliphatic rings. The molecule has 4 bridgehead atoms. The van der Waals surface area contributed by atoms with E-state index in [2.05, 4.69) is 38.2 Å². The molecule has 0 fully saturated rings. The van der Waals surface area contributed by atoms with Gasteiger partial charge in [-0.25, -0.2) is 9.97 Å². The lowest BCUT2D eigenvalue weighted by Gasteiger charge is -2.14. The van der Waals surface area contributed by atoms with Crippen molar-refractivity contribution in [3.05, 3.63) is 65.9 Å². The number of rotatable bonds is 0. The molecule has 0 unspecified atom stereocenters. The number of hydrogen-bond donors (Lipinski definition) is 2. The summed E-state index contributed by atoms with van der Waals surface area (Å²) < 4.78 is 28.4. The highest BCUT2D eigenvalue weighted by Crippen LogP contribution is 2.30. The van der Waals surface area contributed by atoms with Gasteiger partial charge in [0.05, 0.1) is 0 Å². The van der Waals surface area contributed by atoms with Crippen LogP contribution in [0.5, 0.6) is 0 Å². The minimum Gasteiger partial charge on any atom is -0.370 e. The summed E-state index contributed by atoms with van der Waals surface area (Å²) in [5.41, 5.74) is 4.40. The van der Waals surface area contributed by atoms with Gasteiger partial charge < -0.3 is 5.32 Å². The van der Waals surface area contributed by atoms with Crippen LogP contribution >= 0.6 is 0 Å². The summed E-state index contributed by atoms with van der Waals surface area (Å²) in [4.78, 5) is 8.58. The molecule has 3 aromatic rings. The Kier molecular flexibility index (Phi) is 5.99. The van der Waals surface area contributed by atoms with Gasteiger partial charge in [-0.2, -0.15) is 8.42 Å². The Bertz CT molecular complexity index is 1150. The first kappa shape index (κ1) is 20.3. The lowest BCUT2D eigenvalue weighted by atomic mass is 9.94. The maximum absolute atomic E-state index is 12.9. The summed E-state index contributed by atoms with van der Waals surface area (Å²) in [6.45, 7) is 2.76. The molecule has 2 aromatic heterocycles. The van der Waals surface area contributed by atoms with Gasteiger partial charge in [0.2, 0.25) is 0 Å². The standard InChI is InChI=1S/C23H26N4O2S/c1-17-16-25-22-15-20(17)19-11-6-5-10-18(19)9-4-2-3-7-14-24-21-12-8-13-23(26-21)30(28,29)27-22/h5-6,8,10-13,15-16H,2-4,7,9,14H2,1H3,(H,24,26)(H,25,27). The topological polar surface area (TPSA) is 84.0 Å². The fourth-order valence-corrected chi connectivity index (χ4v) is 4.70. The molecule has 3 heterocycles. The average Bonchev–Trinajstić information content (AvgIpc) is 2.74. The highest BCUT2D eigenvalue weighted by Gasteiger charge is 2.18. The number of fused-ring (bicyclic) bond motifs is 6. The molecule has 0 saturated heterocycles. The van der Waals surface area contributed by atoms with Crippen LogP contribution in [-0.4, -0.2) is 24.9 Å². The van der Waals surface area contributed by atoms with Crippen molar-refractivity contribution >= 4 is 21.7 Å². The third-order valence-electron chi connectivity index (χ3n) is 5.33. The van der Waals surface area contributed by atoms with Crippen molar-refractivity contribution in [1.29, 1.82) is 0 Å². The van der Waals surface area contributed by atoms with Gasteiger partial charge in [-0.1, -0.05) is 43.2 Å². The van der Waals surface area contributed by atoms with E-state index in [-0.39, 0.29) is 10.8 Å². The zero-order valence-corrected chi connectivity index (χ0v) is 17.9. The van der Waals surface area contributed by atoms with Crippen LogP contribution in [-0.2, 0) is 16.4 Å². The van der Waals surface area contributed by atoms with Crippen LogP contribution in [0.25, 0.3) is 11.1 Å². The number of nitrogens with zero attached hydrogens (tertiary/aromatic N) is 2. The van der Waals surface area contributed by atoms with Gasteiger partial charge in [0.25, 0.3) is 10.0 Å². The molecule has 0 aliphatic carbocycles. The number of aromatic nitrogens is 2. The van der Waals surface area contributed by atoms with Crippen LogP contribution in [0.1, 0.15) is 36.8 Å². The molecule has 1 aromatic carbocycles. The van der Waals surface area contributed by atoms with E-state index >= 15 is 0 Å². The number of nitrogens with one attached hydrogen (secondary N) is 2. The molecule has 7 heteroatoms. The Labute approximate surface area is 177 Å². The van der Waals surface area contributed by atoms with Crippen LogP contribution in [0.15, 0.2) is 59.8 Å². The lowest BCUT2D eigenvalue weighted by molar-refractivity contribution is 0.597. The Morgan fingerprint density at radius 3 is 2.63 bits per heavy atom. The van der Waals surface area contributed by atoms with E-state index in [1.807, 2.05) is 19.1 Å². The average molecular weight is 423 g/mol. The minimum absolute atomic E-state index is 0.0267. The Hall–Kier alpha value is -2.93.